The summed E-state index contributed by atoms with van der Waals surface area (Å²) in [6.45, 7) is 1.84. The average molecular weight is 423 g/mol. The van der Waals surface area contributed by atoms with Crippen LogP contribution in [-0.2, 0) is 17.8 Å². The quantitative estimate of drug-likeness (QED) is 0.599. The Bertz CT molecular complexity index is 1100. The number of carbonyl (C=O) groups excluding carboxylic acids is 1. The first-order valence-corrected chi connectivity index (χ1v) is 9.76. The van der Waals surface area contributed by atoms with Crippen LogP contribution in [0, 0.1) is 0 Å². The topological polar surface area (TPSA) is 91.7 Å². The highest BCUT2D eigenvalue weighted by atomic mass is 16.5. The number of hydrogen-bond acceptors (Lipinski definition) is 6. The van der Waals surface area contributed by atoms with Crippen LogP contribution in [0.2, 0.25) is 0 Å². The van der Waals surface area contributed by atoms with Crippen molar-refractivity contribution < 1.29 is 19.0 Å². The summed E-state index contributed by atoms with van der Waals surface area (Å²) in [5.41, 5.74) is 2.77. The Morgan fingerprint density at radius 2 is 1.61 bits per heavy atom. The van der Waals surface area contributed by atoms with Gasteiger partial charge in [-0.05, 0) is 18.1 Å². The summed E-state index contributed by atoms with van der Waals surface area (Å²) in [5, 5.41) is 7.09. The smallest absolute Gasteiger partial charge is 0.267 e. The van der Waals surface area contributed by atoms with Crippen molar-refractivity contribution in [1.82, 2.24) is 9.78 Å². The van der Waals surface area contributed by atoms with Gasteiger partial charge in [-0.1, -0.05) is 31.2 Å². The Labute approximate surface area is 180 Å². The number of anilines is 1. The lowest BCUT2D eigenvalue weighted by molar-refractivity contribution is -0.117. The molecule has 0 bridgehead atoms. The minimum Gasteiger partial charge on any atom is -0.493 e. The molecule has 31 heavy (non-hydrogen) atoms. The Balaban J connectivity index is 1.81. The van der Waals surface area contributed by atoms with Gasteiger partial charge >= 0.3 is 0 Å². The number of aromatic nitrogens is 2. The van der Waals surface area contributed by atoms with Crippen molar-refractivity contribution in [2.75, 3.05) is 26.6 Å². The molecule has 1 aromatic heterocycles. The molecule has 1 heterocycles. The van der Waals surface area contributed by atoms with Crippen molar-refractivity contribution >= 4 is 11.6 Å². The van der Waals surface area contributed by atoms with E-state index in [0.717, 1.165) is 16.7 Å². The van der Waals surface area contributed by atoms with E-state index in [1.54, 1.807) is 18.2 Å². The Kier molecular flexibility index (Phi) is 6.92. The summed E-state index contributed by atoms with van der Waals surface area (Å²) in [6.07, 6.45) is 0.939. The molecule has 0 unspecified atom stereocenters. The second-order valence-corrected chi connectivity index (χ2v) is 6.73. The van der Waals surface area contributed by atoms with E-state index in [1.165, 1.54) is 33.0 Å². The van der Waals surface area contributed by atoms with Crippen LogP contribution in [0.15, 0.2) is 53.3 Å². The normalized spacial score (nSPS) is 10.5. The largest absolute Gasteiger partial charge is 0.493 e. The molecule has 0 spiro atoms. The number of aryl methyl sites for hydroxylation is 1. The number of amides is 1. The molecule has 0 saturated heterocycles. The number of ether oxygens (including phenoxy) is 3. The van der Waals surface area contributed by atoms with Gasteiger partial charge in [0.05, 0.1) is 27.0 Å². The number of methoxy groups -OCH3 is 3. The fourth-order valence-corrected chi connectivity index (χ4v) is 3.12. The SMILES string of the molecule is CCc1ccc(-c2ccc(=O)n(CC(=O)Nc3cc(OC)c(OC)c(OC)c3)n2)cc1. The van der Waals surface area contributed by atoms with E-state index in [4.69, 9.17) is 14.2 Å². The van der Waals surface area contributed by atoms with Gasteiger partial charge in [0.1, 0.15) is 6.54 Å². The molecule has 0 fully saturated rings. The average Bonchev–Trinajstić information content (AvgIpc) is 2.79. The number of benzene rings is 2. The van der Waals surface area contributed by atoms with Crippen molar-refractivity contribution in [3.8, 4) is 28.5 Å². The third-order valence-electron chi connectivity index (χ3n) is 4.77. The highest BCUT2D eigenvalue weighted by molar-refractivity contribution is 5.91. The van der Waals surface area contributed by atoms with Crippen LogP contribution in [0.1, 0.15) is 12.5 Å². The van der Waals surface area contributed by atoms with E-state index < -0.39 is 5.91 Å². The fourth-order valence-electron chi connectivity index (χ4n) is 3.12. The fraction of sp³-hybridized carbons (Fsp3) is 0.261. The van der Waals surface area contributed by atoms with Gasteiger partial charge in [0.25, 0.3) is 5.56 Å². The summed E-state index contributed by atoms with van der Waals surface area (Å²) in [7, 11) is 4.48. The third kappa shape index (κ3) is 5.03. The third-order valence-corrected chi connectivity index (χ3v) is 4.77. The zero-order chi connectivity index (χ0) is 22.4. The lowest BCUT2D eigenvalue weighted by atomic mass is 10.1. The summed E-state index contributed by atoms with van der Waals surface area (Å²) >= 11 is 0. The van der Waals surface area contributed by atoms with Crippen molar-refractivity contribution in [3.63, 3.8) is 0 Å². The predicted molar refractivity (Wildman–Crippen MR) is 118 cm³/mol. The van der Waals surface area contributed by atoms with Gasteiger partial charge in [-0.2, -0.15) is 5.10 Å². The first kappa shape index (κ1) is 21.9. The maximum absolute atomic E-state index is 12.6. The van der Waals surface area contributed by atoms with E-state index in [2.05, 4.69) is 17.3 Å². The summed E-state index contributed by atoms with van der Waals surface area (Å²) in [6, 6.07) is 14.2. The highest BCUT2D eigenvalue weighted by Crippen LogP contribution is 2.39. The highest BCUT2D eigenvalue weighted by Gasteiger charge is 2.15. The van der Waals surface area contributed by atoms with E-state index >= 15 is 0 Å². The van der Waals surface area contributed by atoms with Gasteiger partial charge in [-0.25, -0.2) is 4.68 Å². The van der Waals surface area contributed by atoms with Crippen molar-refractivity contribution in [3.05, 3.63) is 64.4 Å². The molecule has 2 aromatic carbocycles. The van der Waals surface area contributed by atoms with Gasteiger partial charge in [0.2, 0.25) is 11.7 Å². The van der Waals surface area contributed by atoms with Gasteiger partial charge < -0.3 is 19.5 Å². The Morgan fingerprint density at radius 3 is 2.16 bits per heavy atom. The lowest BCUT2D eigenvalue weighted by Crippen LogP contribution is -2.29. The molecule has 0 radical (unpaired) electrons. The number of hydrogen-bond donors (Lipinski definition) is 1. The minimum absolute atomic E-state index is 0.240. The van der Waals surface area contributed by atoms with E-state index in [9.17, 15) is 9.59 Å². The molecule has 1 N–H and O–H groups in total. The first-order chi connectivity index (χ1) is 15.0. The molecule has 162 valence electrons. The predicted octanol–water partition coefficient (Wildman–Crippen LogP) is 3.14. The molecule has 8 heteroatoms. The van der Waals surface area contributed by atoms with Gasteiger partial charge in [-0.15, -0.1) is 0 Å². The van der Waals surface area contributed by atoms with Crippen LogP contribution in [-0.4, -0.2) is 37.0 Å². The maximum atomic E-state index is 12.6. The molecule has 0 aliphatic carbocycles. The summed E-state index contributed by atoms with van der Waals surface area (Å²) < 4.78 is 17.0. The maximum Gasteiger partial charge on any atom is 0.267 e. The summed E-state index contributed by atoms with van der Waals surface area (Å²) in [5.74, 6) is 0.819. The van der Waals surface area contributed by atoms with Crippen LogP contribution < -0.4 is 25.1 Å². The number of carbonyl (C=O) groups is 1. The Morgan fingerprint density at radius 1 is 0.968 bits per heavy atom. The van der Waals surface area contributed by atoms with Crippen LogP contribution >= 0.6 is 0 Å². The Hall–Kier alpha value is -3.81. The van der Waals surface area contributed by atoms with Crippen LogP contribution in [0.5, 0.6) is 17.2 Å². The van der Waals surface area contributed by atoms with Crippen LogP contribution in [0.25, 0.3) is 11.3 Å². The molecule has 8 nitrogen and oxygen atoms in total. The molecular formula is C23H25N3O5. The zero-order valence-electron chi connectivity index (χ0n) is 18.0. The van der Waals surface area contributed by atoms with Crippen LogP contribution in [0.4, 0.5) is 5.69 Å². The lowest BCUT2D eigenvalue weighted by Gasteiger charge is -2.15. The van der Waals surface area contributed by atoms with Gasteiger partial charge in [0, 0.05) is 29.4 Å². The molecule has 3 aromatic rings. The monoisotopic (exact) mass is 423 g/mol. The molecule has 0 aliphatic heterocycles. The van der Waals surface area contributed by atoms with Crippen LogP contribution in [0.3, 0.4) is 0 Å². The molecular weight excluding hydrogens is 398 g/mol. The van der Waals surface area contributed by atoms with Crippen molar-refractivity contribution in [2.24, 2.45) is 0 Å². The molecule has 0 aliphatic rings. The number of rotatable bonds is 8. The molecule has 0 saturated carbocycles. The molecule has 3 rings (SSSR count). The van der Waals surface area contributed by atoms with E-state index in [-0.39, 0.29) is 12.1 Å². The molecule has 1 amide bonds. The summed E-state index contributed by atoms with van der Waals surface area (Å²) in [4.78, 5) is 24.8. The van der Waals surface area contributed by atoms with Gasteiger partial charge in [-0.3, -0.25) is 9.59 Å². The molecule has 0 atom stereocenters. The van der Waals surface area contributed by atoms with Crippen molar-refractivity contribution in [2.45, 2.75) is 19.9 Å². The zero-order valence-corrected chi connectivity index (χ0v) is 18.0. The second-order valence-electron chi connectivity index (χ2n) is 6.73. The number of nitrogens with zero attached hydrogens (tertiary/aromatic N) is 2. The van der Waals surface area contributed by atoms with E-state index in [0.29, 0.717) is 28.6 Å². The second kappa shape index (κ2) is 9.80. The minimum atomic E-state index is -0.414. The number of nitrogens with one attached hydrogen (secondary N) is 1. The van der Waals surface area contributed by atoms with Gasteiger partial charge in [0.15, 0.2) is 11.5 Å². The van der Waals surface area contributed by atoms with E-state index in [1.807, 2.05) is 24.3 Å². The standard InChI is InChI=1S/C23H25N3O5/c1-5-15-6-8-16(9-7-15)18-10-11-22(28)26(25-18)14-21(27)24-17-12-19(29-2)23(31-4)20(13-17)30-3/h6-13H,5,14H2,1-4H3,(H,24,27). The van der Waals surface area contributed by atoms with Crippen molar-refractivity contribution in [1.29, 1.82) is 0 Å². The first-order valence-electron chi connectivity index (χ1n) is 9.76.